The molecule has 2 aromatic heterocycles. The number of hydrogen-bond donors (Lipinski definition) is 2. The summed E-state index contributed by atoms with van der Waals surface area (Å²) in [5.41, 5.74) is -0.268. The van der Waals surface area contributed by atoms with Crippen LogP contribution in [0.5, 0.6) is 0 Å². The molecule has 0 unspecified atom stereocenters. The summed E-state index contributed by atoms with van der Waals surface area (Å²) < 4.78 is 1.51. The van der Waals surface area contributed by atoms with E-state index in [0.717, 1.165) is 12.8 Å². The third-order valence-corrected chi connectivity index (χ3v) is 5.34. The van der Waals surface area contributed by atoms with Gasteiger partial charge in [0.25, 0.3) is 5.95 Å². The number of aliphatic carboxylic acids is 1. The molecule has 4 rings (SSSR count). The second kappa shape index (κ2) is 5.34. The first-order valence-corrected chi connectivity index (χ1v) is 8.17. The Kier molecular flexibility index (Phi) is 3.38. The van der Waals surface area contributed by atoms with Crippen molar-refractivity contribution in [3.63, 3.8) is 0 Å². The molecular weight excluding hydrogens is 334 g/mol. The average molecular weight is 350 g/mol. The van der Waals surface area contributed by atoms with E-state index in [1.807, 2.05) is 0 Å². The third-order valence-electron chi connectivity index (χ3n) is 5.10. The fraction of sp³-hybridized carbons (Fsp3) is 0.467. The first kappa shape index (κ1) is 15.2. The van der Waals surface area contributed by atoms with Gasteiger partial charge in [0.15, 0.2) is 5.65 Å². The normalized spacial score (nSPS) is 25.9. The monoisotopic (exact) mass is 349 g/mol. The second-order valence-corrected chi connectivity index (χ2v) is 6.88. The summed E-state index contributed by atoms with van der Waals surface area (Å²) in [4.78, 5) is 29.9. The number of fused-ring (bicyclic) bond motifs is 2. The number of anilines is 1. The fourth-order valence-electron chi connectivity index (χ4n) is 3.88. The number of amides is 2. The van der Waals surface area contributed by atoms with Crippen LogP contribution in [0.4, 0.5) is 10.7 Å². The minimum absolute atomic E-state index is 0.0218. The number of pyridine rings is 1. The van der Waals surface area contributed by atoms with E-state index in [4.69, 9.17) is 11.6 Å². The number of carboxylic acids is 1. The van der Waals surface area contributed by atoms with E-state index in [-0.39, 0.29) is 24.4 Å². The van der Waals surface area contributed by atoms with Gasteiger partial charge in [-0.1, -0.05) is 18.0 Å². The largest absolute Gasteiger partial charge is 0.481 e. The highest BCUT2D eigenvalue weighted by atomic mass is 35.5. The van der Waals surface area contributed by atoms with Crippen molar-refractivity contribution in [1.29, 1.82) is 0 Å². The van der Waals surface area contributed by atoms with E-state index in [2.05, 4.69) is 15.4 Å². The Hall–Kier alpha value is -2.35. The van der Waals surface area contributed by atoms with Gasteiger partial charge in [0.1, 0.15) is 0 Å². The van der Waals surface area contributed by atoms with E-state index < -0.39 is 11.4 Å². The predicted molar refractivity (Wildman–Crippen MR) is 86.0 cm³/mol. The standard InChI is InChI=1S/C15H16ClN5O3/c16-10-3-5-21-11(6-10)17-13(19-21)18-14(24)20-7-9-2-1-4-15(9,8-20)12(22)23/h3,5-6,9H,1-2,4,7-8H2,(H,22,23)(H,18,19,24)/t9-,15+/m0/s1. The van der Waals surface area contributed by atoms with Crippen LogP contribution in [0.25, 0.3) is 5.65 Å². The Bertz CT molecular complexity index is 838. The quantitative estimate of drug-likeness (QED) is 0.864. The molecule has 2 atom stereocenters. The van der Waals surface area contributed by atoms with Gasteiger partial charge < -0.3 is 10.0 Å². The number of hydrogen-bond acceptors (Lipinski definition) is 4. The van der Waals surface area contributed by atoms with Crippen LogP contribution < -0.4 is 5.32 Å². The molecule has 2 fully saturated rings. The summed E-state index contributed by atoms with van der Waals surface area (Å²) in [5.74, 6) is -0.613. The molecule has 1 aliphatic carbocycles. The summed E-state index contributed by atoms with van der Waals surface area (Å²) >= 11 is 5.90. The van der Waals surface area contributed by atoms with Gasteiger partial charge in [0.2, 0.25) is 0 Å². The highest BCUT2D eigenvalue weighted by molar-refractivity contribution is 6.30. The Morgan fingerprint density at radius 1 is 1.46 bits per heavy atom. The molecule has 2 aliphatic rings. The number of carboxylic acid groups (broad SMARTS) is 1. The molecule has 3 heterocycles. The molecule has 1 aliphatic heterocycles. The zero-order valence-corrected chi connectivity index (χ0v) is 13.5. The molecule has 1 saturated heterocycles. The summed E-state index contributed by atoms with van der Waals surface area (Å²) in [6.07, 6.45) is 4.03. The molecule has 0 spiro atoms. The van der Waals surface area contributed by atoms with Crippen LogP contribution in [0.1, 0.15) is 19.3 Å². The van der Waals surface area contributed by atoms with Gasteiger partial charge >= 0.3 is 12.0 Å². The van der Waals surface area contributed by atoms with Gasteiger partial charge in [0, 0.05) is 30.4 Å². The molecular formula is C15H16ClN5O3. The molecule has 24 heavy (non-hydrogen) atoms. The summed E-state index contributed by atoms with van der Waals surface area (Å²) in [7, 11) is 0. The molecule has 0 radical (unpaired) electrons. The van der Waals surface area contributed by atoms with Gasteiger partial charge in [-0.15, -0.1) is 5.10 Å². The van der Waals surface area contributed by atoms with Crippen LogP contribution >= 0.6 is 11.6 Å². The number of urea groups is 1. The van der Waals surface area contributed by atoms with E-state index >= 15 is 0 Å². The van der Waals surface area contributed by atoms with Crippen molar-refractivity contribution in [1.82, 2.24) is 19.5 Å². The van der Waals surface area contributed by atoms with Gasteiger partial charge in [-0.2, -0.15) is 4.98 Å². The maximum absolute atomic E-state index is 12.5. The number of carbonyl (C=O) groups excluding carboxylic acids is 1. The summed E-state index contributed by atoms with van der Waals surface area (Å²) in [5, 5.41) is 16.9. The molecule has 126 valence electrons. The van der Waals surface area contributed by atoms with Crippen LogP contribution in [-0.4, -0.2) is 49.7 Å². The molecule has 0 bridgehead atoms. The van der Waals surface area contributed by atoms with Gasteiger partial charge in [-0.05, 0) is 24.8 Å². The van der Waals surface area contributed by atoms with E-state index in [0.29, 0.717) is 23.6 Å². The van der Waals surface area contributed by atoms with Gasteiger partial charge in [0.05, 0.1) is 5.41 Å². The molecule has 2 aromatic rings. The highest BCUT2D eigenvalue weighted by Gasteiger charge is 2.55. The highest BCUT2D eigenvalue weighted by Crippen LogP contribution is 2.48. The number of aromatic nitrogens is 3. The van der Waals surface area contributed by atoms with Crippen LogP contribution in [0.2, 0.25) is 5.02 Å². The lowest BCUT2D eigenvalue weighted by molar-refractivity contribution is -0.149. The number of rotatable bonds is 2. The number of nitrogens with one attached hydrogen (secondary N) is 1. The van der Waals surface area contributed by atoms with Crippen molar-refractivity contribution in [2.45, 2.75) is 19.3 Å². The maximum Gasteiger partial charge on any atom is 0.324 e. The minimum Gasteiger partial charge on any atom is -0.481 e. The van der Waals surface area contributed by atoms with Crippen molar-refractivity contribution < 1.29 is 14.7 Å². The molecule has 2 N–H and O–H groups in total. The SMILES string of the molecule is O=C(Nc1nc2cc(Cl)ccn2n1)N1C[C@@H]2CCC[C@@]2(C(=O)O)C1. The van der Waals surface area contributed by atoms with Gasteiger partial charge in [-0.3, -0.25) is 10.1 Å². The Morgan fingerprint density at radius 2 is 2.29 bits per heavy atom. The zero-order valence-electron chi connectivity index (χ0n) is 12.8. The van der Waals surface area contributed by atoms with E-state index in [1.54, 1.807) is 23.2 Å². The van der Waals surface area contributed by atoms with Crippen molar-refractivity contribution in [3.05, 3.63) is 23.4 Å². The zero-order chi connectivity index (χ0) is 16.9. The summed E-state index contributed by atoms with van der Waals surface area (Å²) in [6, 6.07) is 2.95. The Labute approximate surface area is 142 Å². The molecule has 0 aromatic carbocycles. The first-order chi connectivity index (χ1) is 11.5. The van der Waals surface area contributed by atoms with Crippen molar-refractivity contribution in [2.75, 3.05) is 18.4 Å². The van der Waals surface area contributed by atoms with Crippen molar-refractivity contribution in [3.8, 4) is 0 Å². The second-order valence-electron chi connectivity index (χ2n) is 6.44. The van der Waals surface area contributed by atoms with E-state index in [9.17, 15) is 14.7 Å². The lowest BCUT2D eigenvalue weighted by Crippen LogP contribution is -2.38. The topological polar surface area (TPSA) is 99.8 Å². The Balaban J connectivity index is 1.51. The molecule has 1 saturated carbocycles. The molecule has 9 heteroatoms. The van der Waals surface area contributed by atoms with Crippen LogP contribution in [-0.2, 0) is 4.79 Å². The van der Waals surface area contributed by atoms with Crippen LogP contribution in [0, 0.1) is 11.3 Å². The van der Waals surface area contributed by atoms with Crippen LogP contribution in [0.15, 0.2) is 18.3 Å². The molecule has 8 nitrogen and oxygen atoms in total. The first-order valence-electron chi connectivity index (χ1n) is 7.79. The average Bonchev–Trinajstić information content (AvgIpc) is 3.17. The van der Waals surface area contributed by atoms with Crippen molar-refractivity contribution in [2.24, 2.45) is 11.3 Å². The van der Waals surface area contributed by atoms with Crippen molar-refractivity contribution >= 4 is 35.2 Å². The van der Waals surface area contributed by atoms with E-state index in [1.165, 1.54) is 4.52 Å². The van der Waals surface area contributed by atoms with Gasteiger partial charge in [-0.25, -0.2) is 9.31 Å². The Morgan fingerprint density at radius 3 is 3.04 bits per heavy atom. The third kappa shape index (κ3) is 2.29. The number of halogens is 1. The fourth-order valence-corrected chi connectivity index (χ4v) is 4.03. The number of likely N-dealkylation sites (tertiary alicyclic amines) is 1. The van der Waals surface area contributed by atoms with Crippen LogP contribution in [0.3, 0.4) is 0 Å². The predicted octanol–water partition coefficient (Wildman–Crippen LogP) is 2.10. The molecule has 2 amide bonds. The number of nitrogens with zero attached hydrogens (tertiary/aromatic N) is 4. The lowest BCUT2D eigenvalue weighted by Gasteiger charge is -2.23. The maximum atomic E-state index is 12.5. The smallest absolute Gasteiger partial charge is 0.324 e. The lowest BCUT2D eigenvalue weighted by atomic mass is 9.81. The summed E-state index contributed by atoms with van der Waals surface area (Å²) in [6.45, 7) is 0.690. The minimum atomic E-state index is -0.805. The number of carbonyl (C=O) groups is 2.